The molecule has 0 spiro atoms. The summed E-state index contributed by atoms with van der Waals surface area (Å²) in [6, 6.07) is 0.505. The van der Waals surface area contributed by atoms with E-state index in [0.717, 1.165) is 19.6 Å². The standard InChI is InChI=1S/C11H22N4/c1-5-15-9-11(7-13-15)6-12-10(2)8-14(3)4/h7,9-10,12H,5-6,8H2,1-4H3. The van der Waals surface area contributed by atoms with Crippen LogP contribution in [-0.2, 0) is 13.1 Å². The molecule has 1 aromatic rings. The summed E-state index contributed by atoms with van der Waals surface area (Å²) >= 11 is 0. The average molecular weight is 210 g/mol. The van der Waals surface area contributed by atoms with Crippen LogP contribution in [0.1, 0.15) is 19.4 Å². The highest BCUT2D eigenvalue weighted by Crippen LogP contribution is 1.98. The normalized spacial score (nSPS) is 13.4. The number of hydrogen-bond donors (Lipinski definition) is 1. The molecule has 1 aromatic heterocycles. The maximum atomic E-state index is 4.24. The Morgan fingerprint density at radius 3 is 2.80 bits per heavy atom. The SMILES string of the molecule is CCn1cc(CNC(C)CN(C)C)cn1. The van der Waals surface area contributed by atoms with Crippen LogP contribution in [0.2, 0.25) is 0 Å². The zero-order valence-corrected chi connectivity index (χ0v) is 10.2. The summed E-state index contributed by atoms with van der Waals surface area (Å²) in [6.45, 7) is 7.19. The average Bonchev–Trinajstić information content (AvgIpc) is 2.61. The second-order valence-corrected chi connectivity index (χ2v) is 4.25. The summed E-state index contributed by atoms with van der Waals surface area (Å²) in [5.74, 6) is 0. The van der Waals surface area contributed by atoms with E-state index < -0.39 is 0 Å². The first-order chi connectivity index (χ1) is 7.11. The molecule has 0 aliphatic carbocycles. The molecular formula is C11H22N4. The van der Waals surface area contributed by atoms with Crippen molar-refractivity contribution in [2.75, 3.05) is 20.6 Å². The van der Waals surface area contributed by atoms with Gasteiger partial charge >= 0.3 is 0 Å². The van der Waals surface area contributed by atoms with Gasteiger partial charge in [-0.2, -0.15) is 5.10 Å². The first-order valence-electron chi connectivity index (χ1n) is 5.51. The van der Waals surface area contributed by atoms with Gasteiger partial charge in [0.1, 0.15) is 0 Å². The van der Waals surface area contributed by atoms with Crippen LogP contribution in [0.15, 0.2) is 12.4 Å². The van der Waals surface area contributed by atoms with Gasteiger partial charge in [0.25, 0.3) is 0 Å². The minimum atomic E-state index is 0.505. The van der Waals surface area contributed by atoms with Gasteiger partial charge in [0.15, 0.2) is 0 Å². The topological polar surface area (TPSA) is 33.1 Å². The summed E-state index contributed by atoms with van der Waals surface area (Å²) in [5.41, 5.74) is 1.25. The first kappa shape index (κ1) is 12.2. The molecule has 4 nitrogen and oxygen atoms in total. The lowest BCUT2D eigenvalue weighted by atomic mass is 10.3. The minimum absolute atomic E-state index is 0.505. The Morgan fingerprint density at radius 2 is 2.27 bits per heavy atom. The van der Waals surface area contributed by atoms with Crippen LogP contribution in [0.25, 0.3) is 0 Å². The van der Waals surface area contributed by atoms with Gasteiger partial charge in [0.05, 0.1) is 6.20 Å². The third-order valence-electron chi connectivity index (χ3n) is 2.30. The number of aryl methyl sites for hydroxylation is 1. The van der Waals surface area contributed by atoms with Gasteiger partial charge < -0.3 is 10.2 Å². The fourth-order valence-corrected chi connectivity index (χ4v) is 1.57. The molecule has 0 radical (unpaired) electrons. The highest BCUT2D eigenvalue weighted by molar-refractivity contribution is 5.03. The molecule has 0 aromatic carbocycles. The Kier molecular flexibility index (Phi) is 4.78. The van der Waals surface area contributed by atoms with E-state index in [0.29, 0.717) is 6.04 Å². The summed E-state index contributed by atoms with van der Waals surface area (Å²) in [5, 5.41) is 7.71. The van der Waals surface area contributed by atoms with Gasteiger partial charge in [-0.1, -0.05) is 0 Å². The summed E-state index contributed by atoms with van der Waals surface area (Å²) in [4.78, 5) is 2.19. The van der Waals surface area contributed by atoms with Crippen molar-refractivity contribution in [1.29, 1.82) is 0 Å². The zero-order chi connectivity index (χ0) is 11.3. The van der Waals surface area contributed by atoms with E-state index in [4.69, 9.17) is 0 Å². The van der Waals surface area contributed by atoms with Crippen LogP contribution < -0.4 is 5.32 Å². The van der Waals surface area contributed by atoms with Crippen LogP contribution in [0.4, 0.5) is 0 Å². The Balaban J connectivity index is 2.30. The monoisotopic (exact) mass is 210 g/mol. The largest absolute Gasteiger partial charge is 0.309 e. The number of rotatable bonds is 6. The summed E-state index contributed by atoms with van der Waals surface area (Å²) in [6.07, 6.45) is 4.02. The molecule has 86 valence electrons. The third kappa shape index (κ3) is 4.44. The summed E-state index contributed by atoms with van der Waals surface area (Å²) < 4.78 is 1.95. The lowest BCUT2D eigenvalue weighted by Gasteiger charge is -2.17. The van der Waals surface area contributed by atoms with Crippen molar-refractivity contribution in [3.05, 3.63) is 18.0 Å². The molecule has 15 heavy (non-hydrogen) atoms. The third-order valence-corrected chi connectivity index (χ3v) is 2.30. The Labute approximate surface area is 92.3 Å². The van der Waals surface area contributed by atoms with Crippen LogP contribution in [-0.4, -0.2) is 41.4 Å². The number of nitrogens with one attached hydrogen (secondary N) is 1. The van der Waals surface area contributed by atoms with E-state index in [9.17, 15) is 0 Å². The molecule has 0 aliphatic heterocycles. The maximum Gasteiger partial charge on any atom is 0.0534 e. The number of likely N-dealkylation sites (N-methyl/N-ethyl adjacent to an activating group) is 1. The van der Waals surface area contributed by atoms with Crippen molar-refractivity contribution in [3.8, 4) is 0 Å². The van der Waals surface area contributed by atoms with E-state index in [1.54, 1.807) is 0 Å². The molecule has 0 saturated carbocycles. The van der Waals surface area contributed by atoms with Crippen molar-refractivity contribution in [2.24, 2.45) is 0 Å². The van der Waals surface area contributed by atoms with Gasteiger partial charge in [-0.3, -0.25) is 4.68 Å². The molecule has 1 rings (SSSR count). The first-order valence-corrected chi connectivity index (χ1v) is 5.51. The van der Waals surface area contributed by atoms with E-state index in [-0.39, 0.29) is 0 Å². The van der Waals surface area contributed by atoms with Crippen LogP contribution in [0, 0.1) is 0 Å². The van der Waals surface area contributed by atoms with E-state index >= 15 is 0 Å². The number of hydrogen-bond acceptors (Lipinski definition) is 3. The number of nitrogens with zero attached hydrogens (tertiary/aromatic N) is 3. The van der Waals surface area contributed by atoms with E-state index in [1.165, 1.54) is 5.56 Å². The van der Waals surface area contributed by atoms with Crippen molar-refractivity contribution >= 4 is 0 Å². The fourth-order valence-electron chi connectivity index (χ4n) is 1.57. The summed E-state index contributed by atoms with van der Waals surface area (Å²) in [7, 11) is 4.18. The second kappa shape index (κ2) is 5.88. The molecule has 0 amide bonds. The Hall–Kier alpha value is -0.870. The molecule has 1 unspecified atom stereocenters. The van der Waals surface area contributed by atoms with E-state index in [2.05, 4.69) is 49.5 Å². The van der Waals surface area contributed by atoms with Crippen molar-refractivity contribution in [1.82, 2.24) is 20.0 Å². The highest BCUT2D eigenvalue weighted by atomic mass is 15.3. The molecule has 0 aliphatic rings. The second-order valence-electron chi connectivity index (χ2n) is 4.25. The molecule has 1 heterocycles. The smallest absolute Gasteiger partial charge is 0.0534 e. The Bertz CT molecular complexity index is 280. The molecular weight excluding hydrogens is 188 g/mol. The van der Waals surface area contributed by atoms with Crippen molar-refractivity contribution in [3.63, 3.8) is 0 Å². The predicted molar refractivity (Wildman–Crippen MR) is 62.8 cm³/mol. The zero-order valence-electron chi connectivity index (χ0n) is 10.2. The van der Waals surface area contributed by atoms with Crippen LogP contribution >= 0.6 is 0 Å². The molecule has 1 N–H and O–H groups in total. The molecule has 0 fully saturated rings. The van der Waals surface area contributed by atoms with E-state index in [1.807, 2.05) is 10.9 Å². The number of aromatic nitrogens is 2. The fraction of sp³-hybridized carbons (Fsp3) is 0.727. The Morgan fingerprint density at radius 1 is 1.53 bits per heavy atom. The molecule has 1 atom stereocenters. The molecule has 4 heteroatoms. The van der Waals surface area contributed by atoms with Gasteiger partial charge in [0, 0.05) is 37.4 Å². The molecule has 0 saturated heterocycles. The van der Waals surface area contributed by atoms with Crippen LogP contribution in [0.5, 0.6) is 0 Å². The van der Waals surface area contributed by atoms with Crippen molar-refractivity contribution < 1.29 is 0 Å². The lowest BCUT2D eigenvalue weighted by Crippen LogP contribution is -2.35. The van der Waals surface area contributed by atoms with Crippen LogP contribution in [0.3, 0.4) is 0 Å². The van der Waals surface area contributed by atoms with Crippen molar-refractivity contribution in [2.45, 2.75) is 33.0 Å². The van der Waals surface area contributed by atoms with Gasteiger partial charge in [-0.15, -0.1) is 0 Å². The lowest BCUT2D eigenvalue weighted by molar-refractivity contribution is 0.349. The minimum Gasteiger partial charge on any atom is -0.309 e. The van der Waals surface area contributed by atoms with Gasteiger partial charge in [0.2, 0.25) is 0 Å². The van der Waals surface area contributed by atoms with Gasteiger partial charge in [-0.25, -0.2) is 0 Å². The molecule has 0 bridgehead atoms. The highest BCUT2D eigenvalue weighted by Gasteiger charge is 2.03. The predicted octanol–water partition coefficient (Wildman–Crippen LogP) is 0.943. The van der Waals surface area contributed by atoms with Gasteiger partial charge in [-0.05, 0) is 27.9 Å². The quantitative estimate of drug-likeness (QED) is 0.758. The maximum absolute atomic E-state index is 4.24.